The van der Waals surface area contributed by atoms with Crippen molar-refractivity contribution in [3.8, 4) is 0 Å². The molecule has 1 fully saturated rings. The lowest BCUT2D eigenvalue weighted by Crippen LogP contribution is -2.35. The third kappa shape index (κ3) is 2.92. The van der Waals surface area contributed by atoms with Crippen LogP contribution in [-0.2, 0) is 0 Å². The Balaban J connectivity index is 2.18. The maximum atomic E-state index is 13.2. The van der Waals surface area contributed by atoms with E-state index < -0.39 is 0 Å². The number of hydrogen-bond donors (Lipinski definition) is 1. The van der Waals surface area contributed by atoms with E-state index in [2.05, 4.69) is 6.92 Å². The van der Waals surface area contributed by atoms with Gasteiger partial charge in [0.25, 0.3) is 0 Å². The highest BCUT2D eigenvalue weighted by molar-refractivity contribution is 5.31. The molecule has 1 nitrogen and oxygen atoms in total. The summed E-state index contributed by atoms with van der Waals surface area (Å²) in [7, 11) is 0. The van der Waals surface area contributed by atoms with E-state index in [1.54, 1.807) is 12.1 Å². The number of hydrogen-bond acceptors (Lipinski definition) is 1. The Kier molecular flexibility index (Phi) is 4.39. The zero-order valence-corrected chi connectivity index (χ0v) is 11.5. The summed E-state index contributed by atoms with van der Waals surface area (Å²) in [4.78, 5) is 0. The number of aryl methyl sites for hydroxylation is 1. The van der Waals surface area contributed by atoms with Gasteiger partial charge in [-0.05, 0) is 61.3 Å². The first-order chi connectivity index (χ1) is 8.61. The molecule has 1 aliphatic rings. The molecule has 1 aromatic carbocycles. The molecule has 0 heterocycles. The Morgan fingerprint density at radius 3 is 2.78 bits per heavy atom. The van der Waals surface area contributed by atoms with Crippen molar-refractivity contribution in [2.45, 2.75) is 57.9 Å². The third-order valence-electron chi connectivity index (χ3n) is 4.34. The zero-order chi connectivity index (χ0) is 13.1. The molecule has 2 rings (SSSR count). The topological polar surface area (TPSA) is 26.0 Å². The van der Waals surface area contributed by atoms with Crippen LogP contribution >= 0.6 is 0 Å². The summed E-state index contributed by atoms with van der Waals surface area (Å²) in [5.41, 5.74) is 8.59. The highest BCUT2D eigenvalue weighted by Crippen LogP contribution is 2.38. The average molecular weight is 249 g/mol. The second-order valence-corrected chi connectivity index (χ2v) is 5.74. The SMILES string of the molecule is CCCC1CCC(N)C(c2ccc(F)cc2C)C1. The van der Waals surface area contributed by atoms with E-state index >= 15 is 0 Å². The van der Waals surface area contributed by atoms with Gasteiger partial charge < -0.3 is 5.73 Å². The minimum Gasteiger partial charge on any atom is -0.327 e. The van der Waals surface area contributed by atoms with E-state index in [9.17, 15) is 4.39 Å². The van der Waals surface area contributed by atoms with Crippen LogP contribution in [0.5, 0.6) is 0 Å². The van der Waals surface area contributed by atoms with Crippen LogP contribution < -0.4 is 5.73 Å². The molecular weight excluding hydrogens is 225 g/mol. The van der Waals surface area contributed by atoms with Gasteiger partial charge in [-0.3, -0.25) is 0 Å². The van der Waals surface area contributed by atoms with E-state index in [0.717, 1.165) is 17.9 Å². The first-order valence-corrected chi connectivity index (χ1v) is 7.13. The van der Waals surface area contributed by atoms with E-state index in [-0.39, 0.29) is 11.9 Å². The van der Waals surface area contributed by atoms with E-state index in [4.69, 9.17) is 5.73 Å². The van der Waals surface area contributed by atoms with E-state index in [0.29, 0.717) is 5.92 Å². The van der Waals surface area contributed by atoms with E-state index in [1.165, 1.54) is 31.2 Å². The van der Waals surface area contributed by atoms with Gasteiger partial charge in [0.05, 0.1) is 0 Å². The maximum absolute atomic E-state index is 13.2. The predicted molar refractivity (Wildman–Crippen MR) is 74.1 cm³/mol. The fraction of sp³-hybridized carbons (Fsp3) is 0.625. The van der Waals surface area contributed by atoms with Gasteiger partial charge in [0.15, 0.2) is 0 Å². The van der Waals surface area contributed by atoms with Crippen molar-refractivity contribution in [2.24, 2.45) is 11.7 Å². The monoisotopic (exact) mass is 249 g/mol. The molecule has 2 N–H and O–H groups in total. The first kappa shape index (κ1) is 13.5. The van der Waals surface area contributed by atoms with Gasteiger partial charge in [-0.2, -0.15) is 0 Å². The van der Waals surface area contributed by atoms with Crippen molar-refractivity contribution < 1.29 is 4.39 Å². The van der Waals surface area contributed by atoms with Crippen molar-refractivity contribution in [1.82, 2.24) is 0 Å². The minimum absolute atomic E-state index is 0.147. The lowest BCUT2D eigenvalue weighted by molar-refractivity contribution is 0.273. The maximum Gasteiger partial charge on any atom is 0.123 e. The molecular formula is C16H24FN. The Morgan fingerprint density at radius 2 is 2.11 bits per heavy atom. The van der Waals surface area contributed by atoms with Crippen LogP contribution in [0.3, 0.4) is 0 Å². The molecule has 18 heavy (non-hydrogen) atoms. The van der Waals surface area contributed by atoms with Gasteiger partial charge in [-0.1, -0.05) is 25.8 Å². The van der Waals surface area contributed by atoms with Crippen molar-refractivity contribution in [2.75, 3.05) is 0 Å². The van der Waals surface area contributed by atoms with Crippen LogP contribution in [0.2, 0.25) is 0 Å². The molecule has 3 unspecified atom stereocenters. The Morgan fingerprint density at radius 1 is 1.33 bits per heavy atom. The van der Waals surface area contributed by atoms with Gasteiger partial charge in [-0.25, -0.2) is 4.39 Å². The Hall–Kier alpha value is -0.890. The van der Waals surface area contributed by atoms with Gasteiger partial charge >= 0.3 is 0 Å². The van der Waals surface area contributed by atoms with Gasteiger partial charge in [0.1, 0.15) is 5.82 Å². The largest absolute Gasteiger partial charge is 0.327 e. The van der Waals surface area contributed by atoms with Crippen LogP contribution in [-0.4, -0.2) is 6.04 Å². The fourth-order valence-electron chi connectivity index (χ4n) is 3.36. The van der Waals surface area contributed by atoms with Gasteiger partial charge in [-0.15, -0.1) is 0 Å². The lowest BCUT2D eigenvalue weighted by atomic mass is 9.73. The van der Waals surface area contributed by atoms with Crippen LogP contribution in [0.1, 0.15) is 56.1 Å². The molecule has 0 aliphatic heterocycles. The molecule has 0 radical (unpaired) electrons. The molecule has 0 bridgehead atoms. The number of nitrogens with two attached hydrogens (primary N) is 1. The van der Waals surface area contributed by atoms with Crippen LogP contribution in [0.15, 0.2) is 18.2 Å². The first-order valence-electron chi connectivity index (χ1n) is 7.13. The molecule has 0 amide bonds. The summed E-state index contributed by atoms with van der Waals surface area (Å²) in [5.74, 6) is 1.06. The second kappa shape index (κ2) is 5.83. The zero-order valence-electron chi connectivity index (χ0n) is 11.5. The third-order valence-corrected chi connectivity index (χ3v) is 4.34. The molecule has 3 atom stereocenters. The van der Waals surface area contributed by atoms with Gasteiger partial charge in [0, 0.05) is 6.04 Å². The van der Waals surface area contributed by atoms with Crippen LogP contribution in [0, 0.1) is 18.7 Å². The minimum atomic E-state index is -0.147. The molecule has 0 aromatic heterocycles. The predicted octanol–water partition coefficient (Wildman–Crippen LogP) is 4.15. The average Bonchev–Trinajstić information content (AvgIpc) is 2.33. The summed E-state index contributed by atoms with van der Waals surface area (Å²) in [6.45, 7) is 4.24. The quantitative estimate of drug-likeness (QED) is 0.855. The highest BCUT2D eigenvalue weighted by Gasteiger charge is 2.29. The molecule has 1 aromatic rings. The molecule has 0 spiro atoms. The highest BCUT2D eigenvalue weighted by atomic mass is 19.1. The summed E-state index contributed by atoms with van der Waals surface area (Å²) in [6.07, 6.45) is 6.07. The van der Waals surface area contributed by atoms with Crippen molar-refractivity contribution in [3.05, 3.63) is 35.1 Å². The normalized spacial score (nSPS) is 28.3. The van der Waals surface area contributed by atoms with Gasteiger partial charge in [0.2, 0.25) is 0 Å². The van der Waals surface area contributed by atoms with Crippen LogP contribution in [0.4, 0.5) is 4.39 Å². The van der Waals surface area contributed by atoms with E-state index in [1.807, 2.05) is 13.0 Å². The van der Waals surface area contributed by atoms with Crippen molar-refractivity contribution in [3.63, 3.8) is 0 Å². The second-order valence-electron chi connectivity index (χ2n) is 5.74. The standard InChI is InChI=1S/C16H24FN/c1-3-4-12-5-8-16(18)15(10-12)14-7-6-13(17)9-11(14)2/h6-7,9,12,15-16H,3-5,8,10,18H2,1-2H3. The Labute approximate surface area is 110 Å². The fourth-order valence-corrected chi connectivity index (χ4v) is 3.36. The molecule has 2 heteroatoms. The van der Waals surface area contributed by atoms with Crippen LogP contribution in [0.25, 0.3) is 0 Å². The lowest BCUT2D eigenvalue weighted by Gasteiger charge is -2.35. The number of rotatable bonds is 3. The number of benzene rings is 1. The molecule has 1 aliphatic carbocycles. The summed E-state index contributed by atoms with van der Waals surface area (Å²) in [6, 6.07) is 5.37. The molecule has 100 valence electrons. The Bertz CT molecular complexity index is 402. The molecule has 1 saturated carbocycles. The summed E-state index contributed by atoms with van der Waals surface area (Å²) < 4.78 is 13.2. The molecule has 0 saturated heterocycles. The smallest absolute Gasteiger partial charge is 0.123 e. The van der Waals surface area contributed by atoms with Crippen molar-refractivity contribution >= 4 is 0 Å². The summed E-state index contributed by atoms with van der Waals surface area (Å²) >= 11 is 0. The summed E-state index contributed by atoms with van der Waals surface area (Å²) in [5, 5.41) is 0. The van der Waals surface area contributed by atoms with Crippen molar-refractivity contribution in [1.29, 1.82) is 0 Å². The number of halogens is 1.